The average Bonchev–Trinajstić information content (AvgIpc) is 2.83. The Kier molecular flexibility index (Phi) is 6.31. The van der Waals surface area contributed by atoms with Gasteiger partial charge in [0.1, 0.15) is 17.3 Å². The lowest BCUT2D eigenvalue weighted by Crippen LogP contribution is -2.36. The predicted molar refractivity (Wildman–Crippen MR) is 125 cm³/mol. The predicted octanol–water partition coefficient (Wildman–Crippen LogP) is 2.50. The SMILES string of the molecule is COc1cc([N+](=O)[O-])ccc1NC(=O)[C@H]1CC(=O)Nc2nc(Nc3ccccc3OC)[nH]c(=O)c21. The maximum atomic E-state index is 13.1. The van der Waals surface area contributed by atoms with Gasteiger partial charge in [0, 0.05) is 12.5 Å². The number of aromatic nitrogens is 2. The number of aromatic amines is 1. The fourth-order valence-corrected chi connectivity index (χ4v) is 3.65. The van der Waals surface area contributed by atoms with Crippen LogP contribution in [0.3, 0.4) is 0 Å². The van der Waals surface area contributed by atoms with E-state index in [-0.39, 0.29) is 40.9 Å². The number of nitro groups is 1. The maximum absolute atomic E-state index is 13.1. The zero-order chi connectivity index (χ0) is 25.1. The van der Waals surface area contributed by atoms with Crippen LogP contribution >= 0.6 is 0 Å². The van der Waals surface area contributed by atoms with Crippen LogP contribution in [-0.2, 0) is 9.59 Å². The molecule has 0 radical (unpaired) electrons. The number of fused-ring (bicyclic) bond motifs is 1. The molecule has 13 heteroatoms. The number of anilines is 4. The Morgan fingerprint density at radius 2 is 1.86 bits per heavy atom. The molecule has 4 N–H and O–H groups in total. The first-order chi connectivity index (χ1) is 16.8. The second-order valence-corrected chi connectivity index (χ2v) is 7.44. The van der Waals surface area contributed by atoms with E-state index in [0.29, 0.717) is 11.4 Å². The van der Waals surface area contributed by atoms with Gasteiger partial charge in [0.2, 0.25) is 17.8 Å². The minimum absolute atomic E-state index is 0.0199. The molecule has 0 unspecified atom stereocenters. The van der Waals surface area contributed by atoms with Gasteiger partial charge in [-0.25, -0.2) is 0 Å². The van der Waals surface area contributed by atoms with Gasteiger partial charge >= 0.3 is 0 Å². The first-order valence-electron chi connectivity index (χ1n) is 10.3. The molecule has 1 aliphatic rings. The fourth-order valence-electron chi connectivity index (χ4n) is 3.65. The lowest BCUT2D eigenvalue weighted by atomic mass is 9.92. The number of hydrogen-bond acceptors (Lipinski definition) is 9. The molecule has 180 valence electrons. The van der Waals surface area contributed by atoms with Gasteiger partial charge in [-0.3, -0.25) is 29.5 Å². The molecular weight excluding hydrogens is 460 g/mol. The van der Waals surface area contributed by atoms with Gasteiger partial charge < -0.3 is 25.4 Å². The quantitative estimate of drug-likeness (QED) is 0.292. The van der Waals surface area contributed by atoms with Gasteiger partial charge in [-0.15, -0.1) is 0 Å². The third-order valence-corrected chi connectivity index (χ3v) is 5.28. The number of ether oxygens (including phenoxy) is 2. The van der Waals surface area contributed by atoms with E-state index in [1.54, 1.807) is 24.3 Å². The normalized spacial score (nSPS) is 14.3. The smallest absolute Gasteiger partial charge is 0.273 e. The summed E-state index contributed by atoms with van der Waals surface area (Å²) in [4.78, 5) is 55.6. The van der Waals surface area contributed by atoms with Crippen molar-refractivity contribution in [1.82, 2.24) is 9.97 Å². The molecule has 0 saturated carbocycles. The number of hydrogen-bond donors (Lipinski definition) is 4. The topological polar surface area (TPSA) is 178 Å². The Balaban J connectivity index is 1.64. The number of carbonyl (C=O) groups excluding carboxylic acids is 2. The summed E-state index contributed by atoms with van der Waals surface area (Å²) in [7, 11) is 2.79. The van der Waals surface area contributed by atoms with Gasteiger partial charge in [-0.1, -0.05) is 12.1 Å². The molecular formula is C22H20N6O7. The van der Waals surface area contributed by atoms with E-state index in [2.05, 4.69) is 25.9 Å². The summed E-state index contributed by atoms with van der Waals surface area (Å²) in [5.41, 5.74) is -0.191. The van der Waals surface area contributed by atoms with Crippen molar-refractivity contribution in [2.45, 2.75) is 12.3 Å². The minimum Gasteiger partial charge on any atom is -0.495 e. The number of H-pyrrole nitrogens is 1. The summed E-state index contributed by atoms with van der Waals surface area (Å²) in [6.07, 6.45) is -0.293. The van der Waals surface area contributed by atoms with E-state index in [0.717, 1.165) is 6.07 Å². The summed E-state index contributed by atoms with van der Waals surface area (Å²) in [5.74, 6) is -1.80. The van der Waals surface area contributed by atoms with E-state index in [1.807, 2.05) is 0 Å². The average molecular weight is 480 g/mol. The van der Waals surface area contributed by atoms with Crippen LogP contribution in [0.1, 0.15) is 17.9 Å². The molecule has 35 heavy (non-hydrogen) atoms. The van der Waals surface area contributed by atoms with Crippen LogP contribution in [0.4, 0.5) is 28.8 Å². The number of para-hydroxylation sites is 2. The van der Waals surface area contributed by atoms with Crippen molar-refractivity contribution in [1.29, 1.82) is 0 Å². The number of non-ortho nitro benzene ring substituents is 1. The molecule has 2 heterocycles. The van der Waals surface area contributed by atoms with Crippen molar-refractivity contribution in [2.24, 2.45) is 0 Å². The van der Waals surface area contributed by atoms with E-state index in [9.17, 15) is 24.5 Å². The molecule has 0 saturated heterocycles. The number of methoxy groups -OCH3 is 2. The third-order valence-electron chi connectivity index (χ3n) is 5.28. The molecule has 4 rings (SSSR count). The molecule has 0 spiro atoms. The Bertz CT molecular complexity index is 1390. The molecule has 2 amide bonds. The van der Waals surface area contributed by atoms with Crippen LogP contribution in [0.15, 0.2) is 47.3 Å². The van der Waals surface area contributed by atoms with Crippen molar-refractivity contribution >= 4 is 40.6 Å². The second kappa shape index (κ2) is 9.51. The largest absolute Gasteiger partial charge is 0.495 e. The molecule has 2 aromatic carbocycles. The van der Waals surface area contributed by atoms with Crippen molar-refractivity contribution in [3.05, 3.63) is 68.5 Å². The Hall–Kier alpha value is -4.94. The molecule has 1 atom stereocenters. The highest BCUT2D eigenvalue weighted by Gasteiger charge is 2.35. The molecule has 13 nitrogen and oxygen atoms in total. The Morgan fingerprint density at radius 1 is 1.11 bits per heavy atom. The third kappa shape index (κ3) is 4.73. The van der Waals surface area contributed by atoms with Gasteiger partial charge in [-0.2, -0.15) is 4.98 Å². The molecule has 0 fully saturated rings. The van der Waals surface area contributed by atoms with E-state index in [4.69, 9.17) is 9.47 Å². The lowest BCUT2D eigenvalue weighted by Gasteiger charge is -2.24. The first kappa shape index (κ1) is 23.2. The molecule has 1 aliphatic heterocycles. The van der Waals surface area contributed by atoms with Crippen molar-refractivity contribution < 1.29 is 24.0 Å². The zero-order valence-electron chi connectivity index (χ0n) is 18.6. The van der Waals surface area contributed by atoms with E-state index in [1.165, 1.54) is 26.4 Å². The van der Waals surface area contributed by atoms with E-state index >= 15 is 0 Å². The van der Waals surface area contributed by atoms with Gasteiger partial charge in [0.15, 0.2) is 0 Å². The number of amides is 2. The molecule has 0 bridgehead atoms. The highest BCUT2D eigenvalue weighted by Crippen LogP contribution is 2.34. The summed E-state index contributed by atoms with van der Waals surface area (Å²) < 4.78 is 10.4. The summed E-state index contributed by atoms with van der Waals surface area (Å²) in [6, 6.07) is 10.6. The van der Waals surface area contributed by atoms with Crippen LogP contribution < -0.4 is 31.0 Å². The van der Waals surface area contributed by atoms with Crippen molar-refractivity contribution in [2.75, 3.05) is 30.2 Å². The monoisotopic (exact) mass is 480 g/mol. The number of nitrogens with one attached hydrogen (secondary N) is 4. The number of nitrogens with zero attached hydrogens (tertiary/aromatic N) is 2. The van der Waals surface area contributed by atoms with E-state index < -0.39 is 28.2 Å². The van der Waals surface area contributed by atoms with Gasteiger partial charge in [0.25, 0.3) is 11.2 Å². The Labute approximate surface area is 197 Å². The van der Waals surface area contributed by atoms with Gasteiger partial charge in [0.05, 0.1) is 48.1 Å². The number of carbonyl (C=O) groups is 2. The van der Waals surface area contributed by atoms with Crippen LogP contribution in [-0.4, -0.2) is 40.9 Å². The standard InChI is InChI=1S/C22H20N6O7/c1-34-15-6-4-3-5-13(15)24-22-26-19-18(21(31)27-22)12(10-17(29)25-19)20(30)23-14-8-7-11(28(32)33)9-16(14)35-2/h3-9,12H,10H2,1-2H3,(H,23,30)(H3,24,25,26,27,29,31)/t12-/m0/s1. The second-order valence-electron chi connectivity index (χ2n) is 7.44. The van der Waals surface area contributed by atoms with Crippen LogP contribution in [0.2, 0.25) is 0 Å². The van der Waals surface area contributed by atoms with Crippen molar-refractivity contribution in [3.63, 3.8) is 0 Å². The molecule has 3 aromatic rings. The summed E-state index contributed by atoms with van der Waals surface area (Å²) in [5, 5.41) is 19.0. The summed E-state index contributed by atoms with van der Waals surface area (Å²) in [6.45, 7) is 0. The zero-order valence-corrected chi connectivity index (χ0v) is 18.6. The maximum Gasteiger partial charge on any atom is 0.273 e. The van der Waals surface area contributed by atoms with Crippen LogP contribution in [0.25, 0.3) is 0 Å². The highest BCUT2D eigenvalue weighted by molar-refractivity contribution is 6.05. The summed E-state index contributed by atoms with van der Waals surface area (Å²) >= 11 is 0. The Morgan fingerprint density at radius 3 is 2.57 bits per heavy atom. The minimum atomic E-state index is -1.16. The van der Waals surface area contributed by atoms with Crippen LogP contribution in [0.5, 0.6) is 11.5 Å². The first-order valence-corrected chi connectivity index (χ1v) is 10.3. The number of benzene rings is 2. The van der Waals surface area contributed by atoms with Gasteiger partial charge in [-0.05, 0) is 18.2 Å². The van der Waals surface area contributed by atoms with Crippen LogP contribution in [0, 0.1) is 10.1 Å². The highest BCUT2D eigenvalue weighted by atomic mass is 16.6. The number of rotatable bonds is 7. The fraction of sp³-hybridized carbons (Fsp3) is 0.182. The van der Waals surface area contributed by atoms with Crippen molar-refractivity contribution in [3.8, 4) is 11.5 Å². The molecule has 0 aliphatic carbocycles. The number of nitro benzene ring substituents is 1. The molecule has 1 aromatic heterocycles. The lowest BCUT2D eigenvalue weighted by molar-refractivity contribution is -0.384.